The van der Waals surface area contributed by atoms with Gasteiger partial charge in [-0.05, 0) is 31.6 Å². The molecule has 4 unspecified atom stereocenters. The maximum atomic E-state index is 6.13. The van der Waals surface area contributed by atoms with Crippen LogP contribution in [0.5, 0.6) is 0 Å². The molecule has 0 spiro atoms. The van der Waals surface area contributed by atoms with Crippen LogP contribution in [0.2, 0.25) is 0 Å². The Labute approximate surface area is 125 Å². The molecule has 0 aliphatic heterocycles. The number of hydrogen-bond donors (Lipinski definition) is 1. The summed E-state index contributed by atoms with van der Waals surface area (Å²) in [4.78, 5) is 2.51. The van der Waals surface area contributed by atoms with Crippen LogP contribution in [0, 0.1) is 11.8 Å². The van der Waals surface area contributed by atoms with Crippen molar-refractivity contribution in [1.82, 2.24) is 4.90 Å². The van der Waals surface area contributed by atoms with Crippen molar-refractivity contribution in [3.63, 3.8) is 0 Å². The average Bonchev–Trinajstić information content (AvgIpc) is 2.43. The van der Waals surface area contributed by atoms with Gasteiger partial charge in [0.2, 0.25) is 0 Å². The zero-order valence-electron chi connectivity index (χ0n) is 13.8. The molecule has 0 aromatic heterocycles. The van der Waals surface area contributed by atoms with Crippen molar-refractivity contribution in [3.8, 4) is 0 Å². The minimum atomic E-state index is 0.390. The lowest BCUT2D eigenvalue weighted by atomic mass is 9.78. The Morgan fingerprint density at radius 2 is 2.00 bits per heavy atom. The molecule has 1 aliphatic rings. The summed E-state index contributed by atoms with van der Waals surface area (Å²) in [6.07, 6.45) is 5.35. The Bertz CT molecular complexity index is 251. The van der Waals surface area contributed by atoms with E-state index in [1.807, 2.05) is 0 Å². The van der Waals surface area contributed by atoms with Crippen LogP contribution in [0.4, 0.5) is 0 Å². The Morgan fingerprint density at radius 1 is 1.25 bits per heavy atom. The van der Waals surface area contributed by atoms with Crippen LogP contribution < -0.4 is 5.73 Å². The molecular formula is C16H34N2O2. The molecule has 0 amide bonds. The van der Waals surface area contributed by atoms with E-state index in [2.05, 4.69) is 18.7 Å². The van der Waals surface area contributed by atoms with Gasteiger partial charge in [0, 0.05) is 39.4 Å². The van der Waals surface area contributed by atoms with Crippen LogP contribution in [0.3, 0.4) is 0 Å². The highest BCUT2D eigenvalue weighted by molar-refractivity contribution is 4.86. The van der Waals surface area contributed by atoms with Crippen LogP contribution in [0.15, 0.2) is 0 Å². The van der Waals surface area contributed by atoms with Gasteiger partial charge in [-0.25, -0.2) is 0 Å². The second-order valence-corrected chi connectivity index (χ2v) is 6.37. The predicted octanol–water partition coefficient (Wildman–Crippen LogP) is 2.12. The Kier molecular flexibility index (Phi) is 8.69. The molecule has 120 valence electrons. The average molecular weight is 286 g/mol. The van der Waals surface area contributed by atoms with Crippen molar-refractivity contribution in [2.75, 3.05) is 40.5 Å². The minimum absolute atomic E-state index is 0.390. The van der Waals surface area contributed by atoms with E-state index in [4.69, 9.17) is 15.2 Å². The zero-order valence-corrected chi connectivity index (χ0v) is 13.8. The summed E-state index contributed by atoms with van der Waals surface area (Å²) in [5.74, 6) is 1.56. The molecule has 1 rings (SSSR count). The van der Waals surface area contributed by atoms with Crippen LogP contribution in [-0.2, 0) is 9.47 Å². The van der Waals surface area contributed by atoms with Gasteiger partial charge in [0.05, 0.1) is 13.2 Å². The van der Waals surface area contributed by atoms with Gasteiger partial charge in [0.15, 0.2) is 0 Å². The van der Waals surface area contributed by atoms with Crippen LogP contribution in [0.25, 0.3) is 0 Å². The summed E-state index contributed by atoms with van der Waals surface area (Å²) in [5.41, 5.74) is 6.13. The van der Waals surface area contributed by atoms with Gasteiger partial charge in [-0.15, -0.1) is 0 Å². The van der Waals surface area contributed by atoms with E-state index in [-0.39, 0.29) is 0 Å². The highest BCUT2D eigenvalue weighted by Crippen LogP contribution is 2.33. The fourth-order valence-electron chi connectivity index (χ4n) is 3.68. The molecule has 4 atom stereocenters. The fourth-order valence-corrected chi connectivity index (χ4v) is 3.68. The van der Waals surface area contributed by atoms with Gasteiger partial charge < -0.3 is 15.2 Å². The highest BCUT2D eigenvalue weighted by atomic mass is 16.5. The number of methoxy groups -OCH3 is 2. The summed E-state index contributed by atoms with van der Waals surface area (Å²) in [6.45, 7) is 7.78. The number of hydrogen-bond acceptors (Lipinski definition) is 4. The van der Waals surface area contributed by atoms with Gasteiger partial charge in [-0.1, -0.05) is 19.8 Å². The van der Waals surface area contributed by atoms with Gasteiger partial charge in [-0.2, -0.15) is 0 Å². The van der Waals surface area contributed by atoms with E-state index < -0.39 is 0 Å². The predicted molar refractivity (Wildman–Crippen MR) is 83.9 cm³/mol. The van der Waals surface area contributed by atoms with Crippen LogP contribution in [-0.4, -0.2) is 57.5 Å². The van der Waals surface area contributed by atoms with Crippen LogP contribution in [0.1, 0.15) is 39.5 Å². The summed E-state index contributed by atoms with van der Waals surface area (Å²) >= 11 is 0. The molecule has 1 saturated carbocycles. The monoisotopic (exact) mass is 286 g/mol. The molecule has 1 fully saturated rings. The first kappa shape index (κ1) is 17.9. The molecule has 0 bridgehead atoms. The highest BCUT2D eigenvalue weighted by Gasteiger charge is 2.32. The third-order valence-corrected chi connectivity index (χ3v) is 4.72. The van der Waals surface area contributed by atoms with Gasteiger partial charge >= 0.3 is 0 Å². The Morgan fingerprint density at radius 3 is 2.55 bits per heavy atom. The second-order valence-electron chi connectivity index (χ2n) is 6.37. The largest absolute Gasteiger partial charge is 0.383 e. The third kappa shape index (κ3) is 5.32. The third-order valence-electron chi connectivity index (χ3n) is 4.72. The van der Waals surface area contributed by atoms with Crippen molar-refractivity contribution >= 4 is 0 Å². The second kappa shape index (κ2) is 9.72. The lowest BCUT2D eigenvalue weighted by Crippen LogP contribution is -2.52. The summed E-state index contributed by atoms with van der Waals surface area (Å²) < 4.78 is 10.6. The van der Waals surface area contributed by atoms with E-state index in [1.54, 1.807) is 14.2 Å². The molecule has 20 heavy (non-hydrogen) atoms. The fraction of sp³-hybridized carbons (Fsp3) is 1.00. The first-order valence-electron chi connectivity index (χ1n) is 8.07. The number of nitrogens with two attached hydrogens (primary N) is 1. The Balaban J connectivity index is 2.71. The molecule has 0 radical (unpaired) electrons. The lowest BCUT2D eigenvalue weighted by Gasteiger charge is -2.42. The number of rotatable bonds is 9. The smallest absolute Gasteiger partial charge is 0.0615 e. The molecule has 2 N–H and O–H groups in total. The first-order chi connectivity index (χ1) is 9.63. The number of ether oxygens (including phenoxy) is 2. The van der Waals surface area contributed by atoms with Gasteiger partial charge in [-0.3, -0.25) is 4.90 Å². The van der Waals surface area contributed by atoms with Crippen molar-refractivity contribution < 1.29 is 9.47 Å². The minimum Gasteiger partial charge on any atom is -0.383 e. The van der Waals surface area contributed by atoms with E-state index in [0.29, 0.717) is 12.1 Å². The normalized spacial score (nSPS) is 26.7. The van der Waals surface area contributed by atoms with Gasteiger partial charge in [0.25, 0.3) is 0 Å². The molecule has 4 nitrogen and oxygen atoms in total. The maximum Gasteiger partial charge on any atom is 0.0615 e. The first-order valence-corrected chi connectivity index (χ1v) is 8.07. The lowest BCUT2D eigenvalue weighted by molar-refractivity contribution is 0.0194. The quantitative estimate of drug-likeness (QED) is 0.705. The van der Waals surface area contributed by atoms with E-state index in [0.717, 1.165) is 38.1 Å². The van der Waals surface area contributed by atoms with Crippen molar-refractivity contribution in [2.24, 2.45) is 17.6 Å². The van der Waals surface area contributed by atoms with Crippen molar-refractivity contribution in [2.45, 2.75) is 51.6 Å². The van der Waals surface area contributed by atoms with E-state index in [9.17, 15) is 0 Å². The van der Waals surface area contributed by atoms with Gasteiger partial charge in [0.1, 0.15) is 0 Å². The molecule has 1 aliphatic carbocycles. The summed E-state index contributed by atoms with van der Waals surface area (Å²) in [7, 11) is 3.53. The van der Waals surface area contributed by atoms with E-state index in [1.165, 1.54) is 25.7 Å². The molecule has 0 aromatic carbocycles. The molecule has 0 saturated heterocycles. The van der Waals surface area contributed by atoms with E-state index >= 15 is 0 Å². The van der Waals surface area contributed by atoms with Crippen molar-refractivity contribution in [1.29, 1.82) is 0 Å². The van der Waals surface area contributed by atoms with Crippen LogP contribution >= 0.6 is 0 Å². The molecule has 0 aromatic rings. The number of nitrogens with zero attached hydrogens (tertiary/aromatic N) is 1. The standard InChI is InChI=1S/C16H34N2O2/c1-13-6-5-7-15(10-13)16(11-17)18(8-9-19-3)14(2)12-20-4/h13-16H,5-12,17H2,1-4H3. The Hall–Kier alpha value is -0.160. The molecule has 4 heteroatoms. The SMILES string of the molecule is COCCN(C(C)COC)C(CN)C1CCCC(C)C1. The summed E-state index contributed by atoms with van der Waals surface area (Å²) in [5, 5.41) is 0. The van der Waals surface area contributed by atoms with Crippen molar-refractivity contribution in [3.05, 3.63) is 0 Å². The zero-order chi connectivity index (χ0) is 15.0. The molecule has 0 heterocycles. The topological polar surface area (TPSA) is 47.7 Å². The summed E-state index contributed by atoms with van der Waals surface area (Å²) in [6, 6.07) is 0.846. The maximum absolute atomic E-state index is 6.13. The molecular weight excluding hydrogens is 252 g/mol.